The number of rotatable bonds is 6. The summed E-state index contributed by atoms with van der Waals surface area (Å²) in [7, 11) is -2.85. The SMILES string of the molecule is COc1ccc(NS(=O)(=O)NC(=O)C23CC2/C=C\CCCCCC(NC(=O)OC(C)(C)C)C(=O)N2CCCC2C(=O)N3)cc1. The van der Waals surface area contributed by atoms with Gasteiger partial charge in [0, 0.05) is 12.5 Å². The number of carbonyl (C=O) groups excluding carboxylic acids is 4. The fraction of sp³-hybridized carbons (Fsp3) is 0.600. The Labute approximate surface area is 258 Å². The zero-order chi connectivity index (χ0) is 32.1. The van der Waals surface area contributed by atoms with Crippen LogP contribution >= 0.6 is 0 Å². The van der Waals surface area contributed by atoms with Gasteiger partial charge in [-0.05, 0) is 83.6 Å². The van der Waals surface area contributed by atoms with Gasteiger partial charge in [-0.3, -0.25) is 19.1 Å². The van der Waals surface area contributed by atoms with E-state index in [1.54, 1.807) is 32.9 Å². The number of hydrogen-bond donors (Lipinski definition) is 4. The van der Waals surface area contributed by atoms with E-state index < -0.39 is 63.2 Å². The van der Waals surface area contributed by atoms with Crippen LogP contribution in [0.1, 0.15) is 72.1 Å². The Morgan fingerprint density at radius 3 is 2.45 bits per heavy atom. The minimum absolute atomic E-state index is 0.211. The molecule has 1 aromatic carbocycles. The third kappa shape index (κ3) is 8.42. The van der Waals surface area contributed by atoms with E-state index in [0.717, 1.165) is 12.8 Å². The van der Waals surface area contributed by atoms with Gasteiger partial charge in [0.15, 0.2) is 0 Å². The Balaban J connectivity index is 1.52. The molecule has 4 atom stereocenters. The average Bonchev–Trinajstić information content (AvgIpc) is 3.40. The number of ether oxygens (including phenoxy) is 2. The summed E-state index contributed by atoms with van der Waals surface area (Å²) in [5.41, 5.74) is -2.02. The summed E-state index contributed by atoms with van der Waals surface area (Å²) in [4.78, 5) is 54.9. The third-order valence-electron chi connectivity index (χ3n) is 7.90. The molecule has 13 nitrogen and oxygen atoms in total. The smallest absolute Gasteiger partial charge is 0.408 e. The maximum absolute atomic E-state index is 13.7. The van der Waals surface area contributed by atoms with E-state index in [1.807, 2.05) is 12.2 Å². The van der Waals surface area contributed by atoms with Crippen LogP contribution in [0.3, 0.4) is 0 Å². The molecule has 0 aromatic heterocycles. The molecule has 242 valence electrons. The minimum Gasteiger partial charge on any atom is -0.497 e. The zero-order valence-electron chi connectivity index (χ0n) is 25.7. The van der Waals surface area contributed by atoms with E-state index in [2.05, 4.69) is 20.1 Å². The Kier molecular flexibility index (Phi) is 10.1. The first kappa shape index (κ1) is 33.1. The molecule has 0 bridgehead atoms. The molecule has 1 saturated carbocycles. The molecule has 1 saturated heterocycles. The van der Waals surface area contributed by atoms with Crippen LogP contribution in [0.4, 0.5) is 10.5 Å². The normalized spacial score (nSPS) is 26.9. The van der Waals surface area contributed by atoms with E-state index in [0.29, 0.717) is 44.4 Å². The predicted octanol–water partition coefficient (Wildman–Crippen LogP) is 2.75. The Bertz CT molecular complexity index is 1370. The monoisotopic (exact) mass is 633 g/mol. The Morgan fingerprint density at radius 1 is 1.05 bits per heavy atom. The number of alkyl carbamates (subject to hydrolysis) is 1. The van der Waals surface area contributed by atoms with Crippen molar-refractivity contribution in [2.45, 2.75) is 95.4 Å². The fourth-order valence-electron chi connectivity index (χ4n) is 5.60. The molecule has 2 aliphatic heterocycles. The summed E-state index contributed by atoms with van der Waals surface area (Å²) in [6.45, 7) is 5.51. The van der Waals surface area contributed by atoms with Gasteiger partial charge in [0.2, 0.25) is 11.8 Å². The molecule has 3 aliphatic rings. The number of amides is 4. The summed E-state index contributed by atoms with van der Waals surface area (Å²) < 4.78 is 40.6. The zero-order valence-corrected chi connectivity index (χ0v) is 26.5. The number of anilines is 1. The number of methoxy groups -OCH3 is 1. The lowest BCUT2D eigenvalue weighted by molar-refractivity contribution is -0.141. The highest BCUT2D eigenvalue weighted by atomic mass is 32.2. The number of fused-ring (bicyclic) bond motifs is 2. The van der Waals surface area contributed by atoms with Crippen molar-refractivity contribution < 1.29 is 37.1 Å². The molecule has 1 aromatic rings. The molecule has 4 N–H and O–H groups in total. The Hall–Kier alpha value is -3.81. The average molecular weight is 634 g/mol. The number of hydrogen-bond acceptors (Lipinski definition) is 8. The molecule has 4 rings (SSSR count). The molecule has 44 heavy (non-hydrogen) atoms. The molecular weight excluding hydrogens is 590 g/mol. The van der Waals surface area contributed by atoms with Crippen molar-refractivity contribution in [1.29, 1.82) is 0 Å². The molecular formula is C30H43N5O8S. The van der Waals surface area contributed by atoms with Gasteiger partial charge in [-0.1, -0.05) is 25.0 Å². The fourth-order valence-corrected chi connectivity index (χ4v) is 6.52. The second-order valence-electron chi connectivity index (χ2n) is 12.5. The lowest BCUT2D eigenvalue weighted by Gasteiger charge is -2.30. The van der Waals surface area contributed by atoms with Crippen LogP contribution in [0.25, 0.3) is 0 Å². The standard InChI is InChI=1S/C30H43N5O8S/c1-29(2,3)43-28(39)31-23-12-9-7-5-6-8-11-20-19-30(20,32-25(36)24-13-10-18-35(24)26(23)37)27(38)34-44(40,41)33-21-14-16-22(42-4)17-15-21/h8,11,14-17,20,23-24,33H,5-7,9-10,12-13,18-19H2,1-4H3,(H,31,39)(H,32,36)(H,34,38)/b11-8-. The third-order valence-corrected chi connectivity index (χ3v) is 8.85. The van der Waals surface area contributed by atoms with E-state index in [-0.39, 0.29) is 12.1 Å². The molecule has 0 radical (unpaired) electrons. The van der Waals surface area contributed by atoms with E-state index in [9.17, 15) is 27.6 Å². The maximum atomic E-state index is 13.7. The molecule has 1 aliphatic carbocycles. The summed E-state index contributed by atoms with van der Waals surface area (Å²) in [5.74, 6) is -1.69. The van der Waals surface area contributed by atoms with Gasteiger partial charge in [0.1, 0.15) is 29.0 Å². The highest BCUT2D eigenvalue weighted by Gasteiger charge is 2.61. The summed E-state index contributed by atoms with van der Waals surface area (Å²) in [5, 5.41) is 5.50. The van der Waals surface area contributed by atoms with Crippen LogP contribution < -0.4 is 24.8 Å². The molecule has 2 fully saturated rings. The van der Waals surface area contributed by atoms with Crippen LogP contribution in [-0.2, 0) is 29.3 Å². The quantitative estimate of drug-likeness (QED) is 0.346. The van der Waals surface area contributed by atoms with Crippen molar-refractivity contribution in [3.05, 3.63) is 36.4 Å². The minimum atomic E-state index is -4.34. The highest BCUT2D eigenvalue weighted by Crippen LogP contribution is 2.45. The molecule has 4 amide bonds. The van der Waals surface area contributed by atoms with Crippen molar-refractivity contribution >= 4 is 39.7 Å². The second-order valence-corrected chi connectivity index (χ2v) is 13.9. The van der Waals surface area contributed by atoms with Crippen LogP contribution in [0, 0.1) is 5.92 Å². The Morgan fingerprint density at radius 2 is 1.77 bits per heavy atom. The first-order chi connectivity index (χ1) is 20.7. The largest absolute Gasteiger partial charge is 0.497 e. The summed E-state index contributed by atoms with van der Waals surface area (Å²) in [6, 6.07) is 4.38. The molecule has 14 heteroatoms. The van der Waals surface area contributed by atoms with Gasteiger partial charge in [0.05, 0.1) is 12.8 Å². The van der Waals surface area contributed by atoms with Gasteiger partial charge in [-0.15, -0.1) is 0 Å². The molecule has 2 heterocycles. The summed E-state index contributed by atoms with van der Waals surface area (Å²) in [6.07, 6.45) is 7.59. The van der Waals surface area contributed by atoms with Crippen molar-refractivity contribution in [1.82, 2.24) is 20.3 Å². The van der Waals surface area contributed by atoms with Crippen molar-refractivity contribution in [3.63, 3.8) is 0 Å². The number of allylic oxidation sites excluding steroid dienone is 1. The van der Waals surface area contributed by atoms with Gasteiger partial charge < -0.3 is 25.0 Å². The summed E-state index contributed by atoms with van der Waals surface area (Å²) >= 11 is 0. The van der Waals surface area contributed by atoms with Crippen LogP contribution in [0.5, 0.6) is 5.75 Å². The van der Waals surface area contributed by atoms with E-state index in [1.165, 1.54) is 24.1 Å². The number of nitrogens with zero attached hydrogens (tertiary/aromatic N) is 1. The van der Waals surface area contributed by atoms with Crippen molar-refractivity contribution in [3.8, 4) is 5.75 Å². The highest BCUT2D eigenvalue weighted by molar-refractivity contribution is 7.91. The second kappa shape index (κ2) is 13.4. The van der Waals surface area contributed by atoms with Crippen LogP contribution in [-0.4, -0.2) is 74.0 Å². The number of nitrogens with one attached hydrogen (secondary N) is 4. The van der Waals surface area contributed by atoms with Crippen molar-refractivity contribution in [2.24, 2.45) is 5.92 Å². The lowest BCUT2D eigenvalue weighted by atomic mass is 10.0. The lowest BCUT2D eigenvalue weighted by Crippen LogP contribution is -2.58. The topological polar surface area (TPSA) is 172 Å². The molecule has 4 unspecified atom stereocenters. The van der Waals surface area contributed by atoms with Crippen molar-refractivity contribution in [2.75, 3.05) is 18.4 Å². The van der Waals surface area contributed by atoms with E-state index in [4.69, 9.17) is 9.47 Å². The van der Waals surface area contributed by atoms with Gasteiger partial charge in [0.25, 0.3) is 5.91 Å². The van der Waals surface area contributed by atoms with Gasteiger partial charge in [-0.2, -0.15) is 8.42 Å². The molecule has 0 spiro atoms. The van der Waals surface area contributed by atoms with E-state index >= 15 is 0 Å². The predicted molar refractivity (Wildman–Crippen MR) is 163 cm³/mol. The first-order valence-corrected chi connectivity index (χ1v) is 16.5. The van der Waals surface area contributed by atoms with Crippen LogP contribution in [0.15, 0.2) is 36.4 Å². The van der Waals surface area contributed by atoms with Crippen LogP contribution in [0.2, 0.25) is 0 Å². The van der Waals surface area contributed by atoms with Gasteiger partial charge in [-0.25, -0.2) is 9.52 Å². The maximum Gasteiger partial charge on any atom is 0.408 e. The van der Waals surface area contributed by atoms with Gasteiger partial charge >= 0.3 is 16.3 Å². The number of benzene rings is 1. The first-order valence-electron chi connectivity index (χ1n) is 15.0. The number of carbonyl (C=O) groups is 4.